The van der Waals surface area contributed by atoms with Crippen molar-refractivity contribution >= 4 is 17.2 Å². The number of hydrogen-bond acceptors (Lipinski definition) is 4. The molecule has 24 heavy (non-hydrogen) atoms. The quantitative estimate of drug-likeness (QED) is 0.757. The fourth-order valence-electron chi connectivity index (χ4n) is 2.63. The van der Waals surface area contributed by atoms with E-state index < -0.39 is 0 Å². The van der Waals surface area contributed by atoms with Crippen molar-refractivity contribution in [1.29, 1.82) is 0 Å². The number of hydrogen-bond donors (Lipinski definition) is 0. The summed E-state index contributed by atoms with van der Waals surface area (Å²) in [5.41, 5.74) is 2.85. The summed E-state index contributed by atoms with van der Waals surface area (Å²) in [6.45, 7) is 6.84. The molecule has 2 rings (SSSR count). The summed E-state index contributed by atoms with van der Waals surface area (Å²) in [6.07, 6.45) is 0.938. The normalized spacial score (nSPS) is 12.4. The van der Waals surface area contributed by atoms with Crippen molar-refractivity contribution in [3.63, 3.8) is 0 Å². The zero-order valence-electron chi connectivity index (χ0n) is 15.1. The van der Waals surface area contributed by atoms with Crippen molar-refractivity contribution in [2.75, 3.05) is 20.8 Å². The van der Waals surface area contributed by atoms with Gasteiger partial charge in [-0.1, -0.05) is 32.9 Å². The van der Waals surface area contributed by atoms with E-state index in [0.29, 0.717) is 18.1 Å². The van der Waals surface area contributed by atoms with Crippen molar-refractivity contribution in [3.8, 4) is 10.6 Å². The van der Waals surface area contributed by atoms with Crippen molar-refractivity contribution in [3.05, 3.63) is 40.9 Å². The van der Waals surface area contributed by atoms with E-state index in [1.54, 1.807) is 23.3 Å². The van der Waals surface area contributed by atoms with Crippen LogP contribution < -0.4 is 0 Å². The molecule has 1 aromatic carbocycles. The third-order valence-corrected chi connectivity index (χ3v) is 5.16. The molecule has 0 aliphatic heterocycles. The molecule has 0 spiro atoms. The molecule has 0 aliphatic carbocycles. The maximum absolute atomic E-state index is 12.7. The van der Waals surface area contributed by atoms with Gasteiger partial charge in [0.1, 0.15) is 5.01 Å². The summed E-state index contributed by atoms with van der Waals surface area (Å²) in [6, 6.07) is 7.77. The van der Waals surface area contributed by atoms with Crippen molar-refractivity contribution in [1.82, 2.24) is 9.88 Å². The van der Waals surface area contributed by atoms with Gasteiger partial charge < -0.3 is 9.64 Å². The molecule has 0 aliphatic rings. The van der Waals surface area contributed by atoms with Crippen LogP contribution in [0.5, 0.6) is 0 Å². The Labute approximate surface area is 148 Å². The second kappa shape index (κ2) is 8.40. The molecule has 1 amide bonds. The number of methoxy groups -OCH3 is 1. The average molecular weight is 346 g/mol. The van der Waals surface area contributed by atoms with Crippen LogP contribution >= 0.6 is 11.3 Å². The molecule has 0 saturated carbocycles. The minimum atomic E-state index is 0.0192. The number of ether oxygens (including phenoxy) is 1. The average Bonchev–Trinajstić information content (AvgIpc) is 3.07. The third kappa shape index (κ3) is 4.22. The highest BCUT2D eigenvalue weighted by atomic mass is 32.1. The molecule has 0 bridgehead atoms. The molecule has 0 N–H and O–H groups in total. The lowest BCUT2D eigenvalue weighted by Gasteiger charge is -2.30. The number of aromatic nitrogens is 1. The van der Waals surface area contributed by atoms with Crippen molar-refractivity contribution in [2.24, 2.45) is 5.92 Å². The summed E-state index contributed by atoms with van der Waals surface area (Å²) in [7, 11) is 3.51. The highest BCUT2D eigenvalue weighted by molar-refractivity contribution is 7.13. The van der Waals surface area contributed by atoms with Crippen molar-refractivity contribution < 1.29 is 9.53 Å². The largest absolute Gasteiger partial charge is 0.383 e. The van der Waals surface area contributed by atoms with Gasteiger partial charge in [-0.05, 0) is 24.5 Å². The fourth-order valence-corrected chi connectivity index (χ4v) is 3.54. The number of aryl methyl sites for hydroxylation is 1. The van der Waals surface area contributed by atoms with Gasteiger partial charge in [-0.3, -0.25) is 4.79 Å². The monoisotopic (exact) mass is 346 g/mol. The lowest BCUT2D eigenvalue weighted by molar-refractivity contribution is 0.0512. The zero-order valence-corrected chi connectivity index (χ0v) is 15.9. The Morgan fingerprint density at radius 1 is 1.29 bits per heavy atom. The lowest BCUT2D eigenvalue weighted by Crippen LogP contribution is -2.43. The summed E-state index contributed by atoms with van der Waals surface area (Å²) >= 11 is 1.64. The Morgan fingerprint density at radius 3 is 2.46 bits per heavy atom. The number of thiazole rings is 1. The van der Waals surface area contributed by atoms with E-state index in [4.69, 9.17) is 4.74 Å². The number of benzene rings is 1. The smallest absolute Gasteiger partial charge is 0.253 e. The molecule has 1 aromatic heterocycles. The molecule has 0 fully saturated rings. The Morgan fingerprint density at radius 2 is 1.96 bits per heavy atom. The number of carbonyl (C=O) groups is 1. The topological polar surface area (TPSA) is 42.4 Å². The van der Waals surface area contributed by atoms with E-state index in [9.17, 15) is 4.79 Å². The number of rotatable bonds is 7. The predicted octanol–water partition coefficient (Wildman–Crippen LogP) is 4.12. The first-order chi connectivity index (χ1) is 11.5. The Balaban J connectivity index is 2.15. The van der Waals surface area contributed by atoms with Crippen LogP contribution in [0, 0.1) is 5.92 Å². The number of nitrogens with zero attached hydrogens (tertiary/aromatic N) is 2. The van der Waals surface area contributed by atoms with Gasteiger partial charge in [-0.25, -0.2) is 4.98 Å². The van der Waals surface area contributed by atoms with Gasteiger partial charge >= 0.3 is 0 Å². The molecule has 5 heteroatoms. The maximum Gasteiger partial charge on any atom is 0.253 e. The molecular weight excluding hydrogens is 320 g/mol. The van der Waals surface area contributed by atoms with Gasteiger partial charge in [-0.2, -0.15) is 0 Å². The van der Waals surface area contributed by atoms with Gasteiger partial charge in [0.25, 0.3) is 5.91 Å². The molecule has 1 atom stereocenters. The van der Waals surface area contributed by atoms with Crippen molar-refractivity contribution in [2.45, 2.75) is 33.2 Å². The standard InChI is InChI=1S/C19H26N2O2S/c1-6-16-12-24-18(20-16)14-7-9-15(10-8-14)19(22)21(4)17(11-23-5)13(2)3/h7-10,12-13,17H,6,11H2,1-5H3/t17-/m0/s1. The Kier molecular flexibility index (Phi) is 6.52. The van der Waals surface area contributed by atoms with Gasteiger partial charge in [0.05, 0.1) is 18.3 Å². The molecular formula is C19H26N2O2S. The van der Waals surface area contributed by atoms with E-state index in [-0.39, 0.29) is 11.9 Å². The van der Waals surface area contributed by atoms with Crippen LogP contribution in [0.25, 0.3) is 10.6 Å². The van der Waals surface area contributed by atoms with Crippen LogP contribution in [-0.2, 0) is 11.2 Å². The molecule has 2 aromatic rings. The van der Waals surface area contributed by atoms with E-state index >= 15 is 0 Å². The first-order valence-corrected chi connectivity index (χ1v) is 9.16. The first-order valence-electron chi connectivity index (χ1n) is 8.28. The van der Waals surface area contributed by atoms with Crippen LogP contribution in [0.1, 0.15) is 36.8 Å². The second-order valence-electron chi connectivity index (χ2n) is 6.26. The first kappa shape index (κ1) is 18.6. The van der Waals surface area contributed by atoms with E-state index in [1.165, 1.54) is 0 Å². The molecule has 0 radical (unpaired) electrons. The SMILES string of the molecule is CCc1csc(-c2ccc(C(=O)N(C)[C@@H](COC)C(C)C)cc2)n1. The summed E-state index contributed by atoms with van der Waals surface area (Å²) in [5.74, 6) is 0.353. The van der Waals surface area contributed by atoms with Crippen LogP contribution in [-0.4, -0.2) is 42.6 Å². The molecule has 1 heterocycles. The number of carbonyl (C=O) groups excluding carboxylic acids is 1. The highest BCUT2D eigenvalue weighted by Crippen LogP contribution is 2.25. The minimum absolute atomic E-state index is 0.0192. The maximum atomic E-state index is 12.7. The van der Waals surface area contributed by atoms with Gasteiger partial charge in [0, 0.05) is 30.7 Å². The number of likely N-dealkylation sites (N-methyl/N-ethyl adjacent to an activating group) is 1. The van der Waals surface area contributed by atoms with Crippen LogP contribution in [0.2, 0.25) is 0 Å². The molecule has 0 unspecified atom stereocenters. The highest BCUT2D eigenvalue weighted by Gasteiger charge is 2.23. The minimum Gasteiger partial charge on any atom is -0.383 e. The Hall–Kier alpha value is -1.72. The Bertz CT molecular complexity index is 664. The molecule has 130 valence electrons. The number of amides is 1. The van der Waals surface area contributed by atoms with E-state index in [1.807, 2.05) is 31.3 Å². The summed E-state index contributed by atoms with van der Waals surface area (Å²) < 4.78 is 5.26. The van der Waals surface area contributed by atoms with E-state index in [0.717, 1.165) is 22.7 Å². The lowest BCUT2D eigenvalue weighted by atomic mass is 10.0. The molecule has 0 saturated heterocycles. The summed E-state index contributed by atoms with van der Waals surface area (Å²) in [5, 5.41) is 3.08. The molecule has 4 nitrogen and oxygen atoms in total. The van der Waals surface area contributed by atoms with Gasteiger partial charge in [0.15, 0.2) is 0 Å². The van der Waals surface area contributed by atoms with Crippen LogP contribution in [0.4, 0.5) is 0 Å². The van der Waals surface area contributed by atoms with Gasteiger partial charge in [-0.15, -0.1) is 11.3 Å². The summed E-state index contributed by atoms with van der Waals surface area (Å²) in [4.78, 5) is 19.1. The van der Waals surface area contributed by atoms with Gasteiger partial charge in [0.2, 0.25) is 0 Å². The zero-order chi connectivity index (χ0) is 17.7. The van der Waals surface area contributed by atoms with E-state index in [2.05, 4.69) is 31.1 Å². The third-order valence-electron chi connectivity index (χ3n) is 4.22. The second-order valence-corrected chi connectivity index (χ2v) is 7.12. The predicted molar refractivity (Wildman–Crippen MR) is 99.5 cm³/mol. The fraction of sp³-hybridized carbons (Fsp3) is 0.474. The van der Waals surface area contributed by atoms with Crippen LogP contribution in [0.3, 0.4) is 0 Å². The van der Waals surface area contributed by atoms with Crippen LogP contribution in [0.15, 0.2) is 29.6 Å².